The molecule has 0 aromatic carbocycles. The Morgan fingerprint density at radius 1 is 1.24 bits per heavy atom. The molecule has 2 heterocycles. The third-order valence-corrected chi connectivity index (χ3v) is 2.61. The van der Waals surface area contributed by atoms with Crippen LogP contribution < -0.4 is 10.1 Å². The van der Waals surface area contributed by atoms with Crippen molar-refractivity contribution in [3.05, 3.63) is 29.6 Å². The topological polar surface area (TPSA) is 80.2 Å². The van der Waals surface area contributed by atoms with E-state index in [1.807, 2.05) is 0 Å². The first-order valence-corrected chi connectivity index (χ1v) is 5.72. The lowest BCUT2D eigenvalue weighted by Gasteiger charge is -2.11. The van der Waals surface area contributed by atoms with E-state index < -0.39 is 17.6 Å². The van der Waals surface area contributed by atoms with Crippen molar-refractivity contribution in [1.29, 1.82) is 0 Å². The molecule has 6 nitrogen and oxygen atoms in total. The Kier molecular flexibility index (Phi) is 3.83. The van der Waals surface area contributed by atoms with E-state index in [1.54, 1.807) is 6.92 Å². The number of ether oxygens (including phenoxy) is 1. The van der Waals surface area contributed by atoms with Crippen LogP contribution in [0.3, 0.4) is 0 Å². The summed E-state index contributed by atoms with van der Waals surface area (Å²) in [6.07, 6.45) is -2.68. The zero-order chi connectivity index (χ0) is 15.6. The molecule has 2 N–H and O–H groups in total. The monoisotopic (exact) mass is 300 g/mol. The molecule has 2 aromatic rings. The minimum absolute atomic E-state index is 0.170. The van der Waals surface area contributed by atoms with Crippen LogP contribution in [0.25, 0.3) is 0 Å². The molecule has 0 unspecified atom stereocenters. The van der Waals surface area contributed by atoms with Crippen LogP contribution >= 0.6 is 0 Å². The Balaban J connectivity index is 2.31. The molecule has 0 amide bonds. The largest absolute Gasteiger partial charge is 0.493 e. The quantitative estimate of drug-likeness (QED) is 0.907. The van der Waals surface area contributed by atoms with Crippen LogP contribution in [0.1, 0.15) is 11.1 Å². The van der Waals surface area contributed by atoms with Gasteiger partial charge in [-0.2, -0.15) is 18.2 Å². The summed E-state index contributed by atoms with van der Waals surface area (Å²) in [4.78, 5) is 10.9. The van der Waals surface area contributed by atoms with Crippen LogP contribution in [-0.4, -0.2) is 27.2 Å². The molecule has 2 rings (SSSR count). The summed E-state index contributed by atoms with van der Waals surface area (Å²) in [6.45, 7) is 1.73. The molecule has 0 aliphatic carbocycles. The maximum absolute atomic E-state index is 12.5. The van der Waals surface area contributed by atoms with Crippen molar-refractivity contribution in [1.82, 2.24) is 15.0 Å². The van der Waals surface area contributed by atoms with Gasteiger partial charge in [-0.25, -0.2) is 9.97 Å². The normalized spacial score (nSPS) is 11.3. The van der Waals surface area contributed by atoms with E-state index >= 15 is 0 Å². The molecule has 0 radical (unpaired) electrons. The standard InChI is InChI=1S/C12H11F3N4O2/c1-6-4-16-9(21-2)3-8(6)18-11-17-5-7(10(20)19-11)12(13,14)15/h3-5H,1-2H3,(H2,16,17,18,19,20). The molecule has 21 heavy (non-hydrogen) atoms. The van der Waals surface area contributed by atoms with Gasteiger partial charge >= 0.3 is 6.18 Å². The molecular formula is C12H11F3N4O2. The zero-order valence-electron chi connectivity index (χ0n) is 11.1. The number of nitrogens with one attached hydrogen (secondary N) is 1. The number of aromatic nitrogens is 3. The zero-order valence-corrected chi connectivity index (χ0v) is 11.1. The van der Waals surface area contributed by atoms with Gasteiger partial charge in [-0.1, -0.05) is 0 Å². The second kappa shape index (κ2) is 5.43. The number of rotatable bonds is 3. The minimum atomic E-state index is -4.71. The van der Waals surface area contributed by atoms with Gasteiger partial charge in [0.25, 0.3) is 0 Å². The second-order valence-corrected chi connectivity index (χ2v) is 4.10. The van der Waals surface area contributed by atoms with Crippen molar-refractivity contribution in [2.45, 2.75) is 13.1 Å². The summed E-state index contributed by atoms with van der Waals surface area (Å²) in [5, 5.41) is 12.0. The van der Waals surface area contributed by atoms with Crippen molar-refractivity contribution >= 4 is 11.6 Å². The highest BCUT2D eigenvalue weighted by Crippen LogP contribution is 2.34. The van der Waals surface area contributed by atoms with Gasteiger partial charge in [0.1, 0.15) is 5.56 Å². The van der Waals surface area contributed by atoms with Crippen molar-refractivity contribution in [2.24, 2.45) is 0 Å². The van der Waals surface area contributed by atoms with Crippen LogP contribution in [0.5, 0.6) is 11.8 Å². The van der Waals surface area contributed by atoms with Crippen LogP contribution in [0.4, 0.5) is 24.8 Å². The van der Waals surface area contributed by atoms with Crippen molar-refractivity contribution in [3.63, 3.8) is 0 Å². The fraction of sp³-hybridized carbons (Fsp3) is 0.250. The van der Waals surface area contributed by atoms with Crippen molar-refractivity contribution < 1.29 is 23.0 Å². The minimum Gasteiger partial charge on any atom is -0.493 e. The Hall–Kier alpha value is -2.58. The lowest BCUT2D eigenvalue weighted by atomic mass is 10.2. The molecule has 0 aliphatic rings. The SMILES string of the molecule is COc1cc(Nc2ncc(C(F)(F)F)c(O)n2)c(C)cn1. The third kappa shape index (κ3) is 3.30. The second-order valence-electron chi connectivity index (χ2n) is 4.10. The number of pyridine rings is 1. The number of nitrogens with zero attached hydrogens (tertiary/aromatic N) is 3. The highest BCUT2D eigenvalue weighted by atomic mass is 19.4. The average molecular weight is 300 g/mol. The van der Waals surface area contributed by atoms with Crippen molar-refractivity contribution in [3.8, 4) is 11.8 Å². The third-order valence-electron chi connectivity index (χ3n) is 2.61. The number of anilines is 2. The van der Waals surface area contributed by atoms with Crippen molar-refractivity contribution in [2.75, 3.05) is 12.4 Å². The Morgan fingerprint density at radius 2 is 1.95 bits per heavy atom. The summed E-state index contributed by atoms with van der Waals surface area (Å²) in [6, 6.07) is 1.54. The van der Waals surface area contributed by atoms with E-state index in [0.29, 0.717) is 23.3 Å². The van der Waals surface area contributed by atoms with Gasteiger partial charge in [-0.3, -0.25) is 0 Å². The molecule has 0 bridgehead atoms. The van der Waals surface area contributed by atoms with E-state index in [4.69, 9.17) is 4.74 Å². The van der Waals surface area contributed by atoms with Crippen LogP contribution in [0.15, 0.2) is 18.5 Å². The summed E-state index contributed by atoms with van der Waals surface area (Å²) in [5.41, 5.74) is -0.0862. The van der Waals surface area contributed by atoms with E-state index in [0.717, 1.165) is 0 Å². The van der Waals surface area contributed by atoms with Gasteiger partial charge in [0, 0.05) is 18.5 Å². The number of hydrogen-bond acceptors (Lipinski definition) is 6. The summed E-state index contributed by atoms with van der Waals surface area (Å²) >= 11 is 0. The highest BCUT2D eigenvalue weighted by Gasteiger charge is 2.35. The first-order valence-electron chi connectivity index (χ1n) is 5.72. The summed E-state index contributed by atoms with van der Waals surface area (Å²) < 4.78 is 42.4. The Morgan fingerprint density at radius 3 is 2.52 bits per heavy atom. The Bertz CT molecular complexity index is 661. The predicted octanol–water partition coefficient (Wildman–Crippen LogP) is 2.66. The Labute approximate surface area is 117 Å². The molecule has 0 aliphatic heterocycles. The average Bonchev–Trinajstić information content (AvgIpc) is 2.40. The maximum Gasteiger partial charge on any atom is 0.423 e. The van der Waals surface area contributed by atoms with E-state index in [2.05, 4.69) is 20.3 Å². The molecule has 0 saturated heterocycles. The van der Waals surface area contributed by atoms with Gasteiger partial charge in [-0.15, -0.1) is 0 Å². The van der Waals surface area contributed by atoms with Crippen LogP contribution in [0, 0.1) is 6.92 Å². The van der Waals surface area contributed by atoms with Crippen LogP contribution in [-0.2, 0) is 6.18 Å². The number of methoxy groups -OCH3 is 1. The molecule has 112 valence electrons. The lowest BCUT2D eigenvalue weighted by Crippen LogP contribution is -2.08. The van der Waals surface area contributed by atoms with E-state index in [-0.39, 0.29) is 5.95 Å². The molecule has 9 heteroatoms. The van der Waals surface area contributed by atoms with E-state index in [9.17, 15) is 18.3 Å². The van der Waals surface area contributed by atoms with Gasteiger partial charge in [0.2, 0.25) is 17.7 Å². The fourth-order valence-corrected chi connectivity index (χ4v) is 1.50. The number of aryl methyl sites for hydroxylation is 1. The van der Waals surface area contributed by atoms with Gasteiger partial charge in [0.05, 0.1) is 12.8 Å². The fourth-order valence-electron chi connectivity index (χ4n) is 1.50. The molecule has 2 aromatic heterocycles. The first kappa shape index (κ1) is 14.8. The number of hydrogen-bond donors (Lipinski definition) is 2. The molecule has 0 fully saturated rings. The molecular weight excluding hydrogens is 289 g/mol. The van der Waals surface area contributed by atoms with E-state index in [1.165, 1.54) is 19.4 Å². The molecule has 0 saturated carbocycles. The van der Waals surface area contributed by atoms with Crippen LogP contribution in [0.2, 0.25) is 0 Å². The smallest absolute Gasteiger partial charge is 0.423 e. The highest BCUT2D eigenvalue weighted by molar-refractivity contribution is 5.59. The number of alkyl halides is 3. The predicted molar refractivity (Wildman–Crippen MR) is 67.5 cm³/mol. The molecule has 0 atom stereocenters. The lowest BCUT2D eigenvalue weighted by molar-refractivity contribution is -0.139. The maximum atomic E-state index is 12.5. The van der Waals surface area contributed by atoms with Gasteiger partial charge in [0.15, 0.2) is 0 Å². The summed E-state index contributed by atoms with van der Waals surface area (Å²) in [7, 11) is 1.43. The number of halogens is 3. The summed E-state index contributed by atoms with van der Waals surface area (Å²) in [5.74, 6) is -0.991. The van der Waals surface area contributed by atoms with Gasteiger partial charge < -0.3 is 15.2 Å². The first-order chi connectivity index (χ1) is 9.81. The van der Waals surface area contributed by atoms with Gasteiger partial charge in [-0.05, 0) is 12.5 Å². The number of aromatic hydroxyl groups is 1. The molecule has 0 spiro atoms.